The maximum atomic E-state index is 10.9. The first kappa shape index (κ1) is 15.5. The van der Waals surface area contributed by atoms with E-state index in [1.807, 2.05) is 13.8 Å². The van der Waals surface area contributed by atoms with Crippen molar-refractivity contribution >= 4 is 5.97 Å². The van der Waals surface area contributed by atoms with Crippen LogP contribution in [0, 0.1) is 0 Å². The number of aliphatic hydroxyl groups is 1. The fraction of sp³-hybridized carbons (Fsp3) is 0.500. The van der Waals surface area contributed by atoms with Crippen molar-refractivity contribution in [3.05, 3.63) is 29.8 Å². The number of ether oxygens (including phenoxy) is 1. The molecule has 0 amide bonds. The number of nitrogens with one attached hydrogen (secondary N) is 1. The summed E-state index contributed by atoms with van der Waals surface area (Å²) in [4.78, 5) is 10.9. The van der Waals surface area contributed by atoms with Crippen LogP contribution in [0.1, 0.15) is 31.9 Å². The largest absolute Gasteiger partial charge is 0.497 e. The van der Waals surface area contributed by atoms with E-state index in [9.17, 15) is 9.90 Å². The van der Waals surface area contributed by atoms with Gasteiger partial charge < -0.3 is 20.3 Å². The number of benzene rings is 1. The van der Waals surface area contributed by atoms with E-state index >= 15 is 0 Å². The van der Waals surface area contributed by atoms with Gasteiger partial charge in [-0.25, -0.2) is 0 Å². The van der Waals surface area contributed by atoms with Crippen LogP contribution in [0.5, 0.6) is 5.75 Å². The van der Waals surface area contributed by atoms with E-state index in [-0.39, 0.29) is 12.5 Å². The van der Waals surface area contributed by atoms with Crippen molar-refractivity contribution in [2.24, 2.45) is 0 Å². The van der Waals surface area contributed by atoms with Gasteiger partial charge in [-0.3, -0.25) is 4.79 Å². The fourth-order valence-corrected chi connectivity index (χ4v) is 1.91. The number of aliphatic hydroxyl groups excluding tert-OH is 1. The molecule has 106 valence electrons. The second-order valence-electron chi connectivity index (χ2n) is 4.74. The summed E-state index contributed by atoms with van der Waals surface area (Å²) in [5, 5.41) is 22.3. The number of hydrogen-bond donors (Lipinski definition) is 3. The first-order chi connectivity index (χ1) is 8.93. The third-order valence-electron chi connectivity index (χ3n) is 2.78. The van der Waals surface area contributed by atoms with Crippen molar-refractivity contribution in [1.29, 1.82) is 0 Å². The van der Waals surface area contributed by atoms with E-state index in [0.29, 0.717) is 11.3 Å². The number of carbonyl (C=O) groups is 1. The van der Waals surface area contributed by atoms with E-state index in [2.05, 4.69) is 5.32 Å². The molecule has 0 saturated heterocycles. The molecule has 5 nitrogen and oxygen atoms in total. The molecule has 1 aromatic rings. The van der Waals surface area contributed by atoms with Crippen LogP contribution in [-0.4, -0.2) is 35.4 Å². The van der Waals surface area contributed by atoms with Gasteiger partial charge in [-0.2, -0.15) is 0 Å². The molecule has 0 bridgehead atoms. The van der Waals surface area contributed by atoms with Crippen LogP contribution in [0.25, 0.3) is 0 Å². The summed E-state index contributed by atoms with van der Waals surface area (Å²) in [5.41, 5.74) is 0.667. The standard InChI is InChI=1S/C14H21NO4/c1-9(2)15-12(8-13(16)17)14(18)10-4-6-11(19-3)7-5-10/h4-7,9,12,14-15,18H,8H2,1-3H3,(H,16,17). The summed E-state index contributed by atoms with van der Waals surface area (Å²) < 4.78 is 5.05. The van der Waals surface area contributed by atoms with Crippen molar-refractivity contribution in [3.8, 4) is 5.75 Å². The van der Waals surface area contributed by atoms with E-state index in [1.165, 1.54) is 0 Å². The molecule has 3 N–H and O–H groups in total. The SMILES string of the molecule is COc1ccc(C(O)C(CC(=O)O)NC(C)C)cc1. The minimum Gasteiger partial charge on any atom is -0.497 e. The fourth-order valence-electron chi connectivity index (χ4n) is 1.91. The lowest BCUT2D eigenvalue weighted by Crippen LogP contribution is -2.40. The zero-order valence-corrected chi connectivity index (χ0v) is 11.5. The van der Waals surface area contributed by atoms with E-state index < -0.39 is 18.1 Å². The molecule has 2 unspecified atom stereocenters. The monoisotopic (exact) mass is 267 g/mol. The van der Waals surface area contributed by atoms with Crippen molar-refractivity contribution in [3.63, 3.8) is 0 Å². The van der Waals surface area contributed by atoms with E-state index in [0.717, 1.165) is 0 Å². The number of methoxy groups -OCH3 is 1. The summed E-state index contributed by atoms with van der Waals surface area (Å²) >= 11 is 0. The second-order valence-corrected chi connectivity index (χ2v) is 4.74. The van der Waals surface area contributed by atoms with Crippen molar-refractivity contribution < 1.29 is 19.7 Å². The lowest BCUT2D eigenvalue weighted by atomic mass is 9.99. The number of hydrogen-bond acceptors (Lipinski definition) is 4. The lowest BCUT2D eigenvalue weighted by Gasteiger charge is -2.25. The smallest absolute Gasteiger partial charge is 0.305 e. The third-order valence-corrected chi connectivity index (χ3v) is 2.78. The lowest BCUT2D eigenvalue weighted by molar-refractivity contribution is -0.138. The molecule has 0 radical (unpaired) electrons. The maximum Gasteiger partial charge on any atom is 0.305 e. The Morgan fingerprint density at radius 1 is 1.32 bits per heavy atom. The van der Waals surface area contributed by atoms with E-state index in [4.69, 9.17) is 9.84 Å². The molecule has 0 aliphatic heterocycles. The maximum absolute atomic E-state index is 10.9. The Morgan fingerprint density at radius 2 is 1.89 bits per heavy atom. The average Bonchev–Trinajstić information content (AvgIpc) is 2.36. The minimum atomic E-state index is -0.939. The van der Waals surface area contributed by atoms with Gasteiger partial charge in [0.05, 0.1) is 19.6 Å². The van der Waals surface area contributed by atoms with Gasteiger partial charge in [-0.15, -0.1) is 0 Å². The summed E-state index contributed by atoms with van der Waals surface area (Å²) in [6.45, 7) is 3.82. The molecule has 19 heavy (non-hydrogen) atoms. The third kappa shape index (κ3) is 4.89. The highest BCUT2D eigenvalue weighted by Gasteiger charge is 2.24. The Morgan fingerprint density at radius 3 is 2.32 bits per heavy atom. The molecule has 1 rings (SSSR count). The predicted octanol–water partition coefficient (Wildman–Crippen LogP) is 1.57. The zero-order valence-electron chi connectivity index (χ0n) is 11.5. The van der Waals surface area contributed by atoms with Gasteiger partial charge in [-0.05, 0) is 17.7 Å². The van der Waals surface area contributed by atoms with Crippen LogP contribution in [0.4, 0.5) is 0 Å². The van der Waals surface area contributed by atoms with Gasteiger partial charge in [0.2, 0.25) is 0 Å². The van der Waals surface area contributed by atoms with Crippen molar-refractivity contribution in [2.45, 2.75) is 38.5 Å². The topological polar surface area (TPSA) is 78.8 Å². The Kier molecular flexibility index (Phi) is 5.79. The Labute approximate surface area is 113 Å². The number of aliphatic carboxylic acids is 1. The van der Waals surface area contributed by atoms with Crippen LogP contribution in [0.2, 0.25) is 0 Å². The van der Waals surface area contributed by atoms with Gasteiger partial charge in [-0.1, -0.05) is 26.0 Å². The Bertz CT molecular complexity index is 402. The normalized spacial score (nSPS) is 14.2. The highest BCUT2D eigenvalue weighted by Crippen LogP contribution is 2.22. The average molecular weight is 267 g/mol. The first-order valence-electron chi connectivity index (χ1n) is 6.24. The predicted molar refractivity (Wildman–Crippen MR) is 72.3 cm³/mol. The van der Waals surface area contributed by atoms with Crippen LogP contribution in [-0.2, 0) is 4.79 Å². The van der Waals surface area contributed by atoms with Crippen molar-refractivity contribution in [2.75, 3.05) is 7.11 Å². The molecule has 1 aromatic carbocycles. The van der Waals surface area contributed by atoms with Crippen LogP contribution < -0.4 is 10.1 Å². The molecule has 0 aliphatic carbocycles. The summed E-state index contributed by atoms with van der Waals surface area (Å²) in [6.07, 6.45) is -1.00. The molecule has 0 spiro atoms. The first-order valence-corrected chi connectivity index (χ1v) is 6.24. The summed E-state index contributed by atoms with van der Waals surface area (Å²) in [7, 11) is 1.57. The molecule has 0 heterocycles. The van der Waals surface area contributed by atoms with Gasteiger partial charge in [0.15, 0.2) is 0 Å². The summed E-state index contributed by atoms with van der Waals surface area (Å²) in [6, 6.07) is 6.53. The molecule has 2 atom stereocenters. The molecule has 0 aliphatic rings. The van der Waals surface area contributed by atoms with Gasteiger partial charge in [0.1, 0.15) is 5.75 Å². The molecule has 0 saturated carbocycles. The minimum absolute atomic E-state index is 0.0947. The van der Waals surface area contributed by atoms with Crippen molar-refractivity contribution in [1.82, 2.24) is 5.32 Å². The Hall–Kier alpha value is -1.59. The molecule has 5 heteroatoms. The number of carboxylic acids is 1. The van der Waals surface area contributed by atoms with Gasteiger partial charge in [0.25, 0.3) is 0 Å². The van der Waals surface area contributed by atoms with Crippen LogP contribution in [0.3, 0.4) is 0 Å². The molecule has 0 fully saturated rings. The molecular weight excluding hydrogens is 246 g/mol. The van der Waals surface area contributed by atoms with Gasteiger partial charge in [0, 0.05) is 12.1 Å². The van der Waals surface area contributed by atoms with Crippen LogP contribution >= 0.6 is 0 Å². The highest BCUT2D eigenvalue weighted by molar-refractivity contribution is 5.67. The number of rotatable bonds is 7. The van der Waals surface area contributed by atoms with Gasteiger partial charge >= 0.3 is 5.97 Å². The van der Waals surface area contributed by atoms with E-state index in [1.54, 1.807) is 31.4 Å². The summed E-state index contributed by atoms with van der Waals surface area (Å²) in [5.74, 6) is -0.242. The second kappa shape index (κ2) is 7.11. The zero-order chi connectivity index (χ0) is 14.4. The van der Waals surface area contributed by atoms with Crippen LogP contribution in [0.15, 0.2) is 24.3 Å². The number of carboxylic acid groups (broad SMARTS) is 1. The quantitative estimate of drug-likeness (QED) is 0.699. The Balaban J connectivity index is 2.83. The molecular formula is C14H21NO4. The molecule has 0 aromatic heterocycles. The highest BCUT2D eigenvalue weighted by atomic mass is 16.5.